The quantitative estimate of drug-likeness (QED) is 0.267. The maximum absolute atomic E-state index is 13.2. The number of hydrogen-bond donors (Lipinski definition) is 1. The van der Waals surface area contributed by atoms with Gasteiger partial charge in [-0.1, -0.05) is 63.5 Å². The fourth-order valence-electron chi connectivity index (χ4n) is 4.20. The average molecular weight is 472 g/mol. The molecule has 0 spiro atoms. The van der Waals surface area contributed by atoms with Crippen molar-refractivity contribution in [1.82, 2.24) is 5.32 Å². The van der Waals surface area contributed by atoms with Crippen LogP contribution in [0.1, 0.15) is 81.1 Å². The molecule has 6 nitrogen and oxygen atoms in total. The molecule has 34 heavy (non-hydrogen) atoms. The minimum atomic E-state index is -0.401. The van der Waals surface area contributed by atoms with Crippen LogP contribution in [0.5, 0.6) is 5.75 Å². The second-order valence-corrected chi connectivity index (χ2v) is 8.94. The molecule has 6 heteroatoms. The second-order valence-electron chi connectivity index (χ2n) is 8.94. The number of carbonyl (C=O) groups excluding carboxylic acids is 2. The lowest BCUT2D eigenvalue weighted by Crippen LogP contribution is -2.29. The number of allylic oxidation sites excluding steroid dienone is 2. The smallest absolute Gasteiger partial charge is 0.342 e. The van der Waals surface area contributed by atoms with E-state index in [1.54, 1.807) is 26.5 Å². The summed E-state index contributed by atoms with van der Waals surface area (Å²) in [6.45, 7) is 4.30. The molecule has 3 atom stereocenters. The molecule has 1 heterocycles. The number of amides is 1. The van der Waals surface area contributed by atoms with Crippen LogP contribution in [0.25, 0.3) is 0 Å². The average Bonchev–Trinajstić information content (AvgIpc) is 2.84. The lowest BCUT2D eigenvalue weighted by Gasteiger charge is -2.27. The predicted octanol–water partition coefficient (Wildman–Crippen LogP) is 5.75. The van der Waals surface area contributed by atoms with Crippen molar-refractivity contribution in [2.45, 2.75) is 83.8 Å². The van der Waals surface area contributed by atoms with Gasteiger partial charge in [0.25, 0.3) is 0 Å². The van der Waals surface area contributed by atoms with E-state index in [0.717, 1.165) is 37.7 Å². The zero-order valence-corrected chi connectivity index (χ0v) is 21.2. The van der Waals surface area contributed by atoms with E-state index in [-0.39, 0.29) is 17.9 Å². The molecule has 1 amide bonds. The highest BCUT2D eigenvalue weighted by Gasteiger charge is 2.26. The molecule has 188 valence electrons. The summed E-state index contributed by atoms with van der Waals surface area (Å²) >= 11 is 0. The monoisotopic (exact) mass is 471 g/mol. The third-order valence-electron chi connectivity index (χ3n) is 6.27. The molecule has 1 aliphatic rings. The summed E-state index contributed by atoms with van der Waals surface area (Å²) < 4.78 is 17.2. The van der Waals surface area contributed by atoms with Gasteiger partial charge in [0.05, 0.1) is 13.2 Å². The number of unbranched alkanes of at least 4 members (excludes halogenated alkanes) is 3. The van der Waals surface area contributed by atoms with Gasteiger partial charge in [-0.25, -0.2) is 4.79 Å². The molecule has 0 saturated heterocycles. The van der Waals surface area contributed by atoms with Crippen LogP contribution in [0.3, 0.4) is 0 Å². The minimum absolute atomic E-state index is 0.0110. The van der Waals surface area contributed by atoms with Crippen LogP contribution < -0.4 is 10.1 Å². The number of ether oxygens (including phenoxy) is 3. The Balaban J connectivity index is 2.13. The molecule has 0 aromatic heterocycles. The highest BCUT2D eigenvalue weighted by atomic mass is 16.5. The highest BCUT2D eigenvalue weighted by Crippen LogP contribution is 2.27. The van der Waals surface area contributed by atoms with Crippen molar-refractivity contribution in [1.29, 1.82) is 0 Å². The van der Waals surface area contributed by atoms with Crippen LogP contribution in [0.15, 0.2) is 42.6 Å². The largest absolute Gasteiger partial charge is 0.496 e. The third kappa shape index (κ3) is 8.98. The van der Waals surface area contributed by atoms with Crippen molar-refractivity contribution in [2.24, 2.45) is 5.92 Å². The molecule has 0 fully saturated rings. The van der Waals surface area contributed by atoms with E-state index in [1.807, 2.05) is 18.2 Å². The first-order valence-corrected chi connectivity index (χ1v) is 12.5. The van der Waals surface area contributed by atoms with Crippen LogP contribution in [0.4, 0.5) is 0 Å². The Labute approximate surface area is 204 Å². The SMILES string of the molecule is CCCCCCC(=O)N/C=C/CC1C[C@@H](OC)[C@@H](C)C/C=C/Cc2cccc(OC)c2C(=O)O1. The summed E-state index contributed by atoms with van der Waals surface area (Å²) in [5, 5.41) is 2.83. The summed E-state index contributed by atoms with van der Waals surface area (Å²) in [7, 11) is 3.26. The van der Waals surface area contributed by atoms with Crippen LogP contribution in [0.2, 0.25) is 0 Å². The minimum Gasteiger partial charge on any atom is -0.496 e. The molecule has 0 bridgehead atoms. The molecular formula is C28H41NO5. The number of carbonyl (C=O) groups is 2. The van der Waals surface area contributed by atoms with Crippen molar-refractivity contribution in [3.05, 3.63) is 53.8 Å². The van der Waals surface area contributed by atoms with Crippen molar-refractivity contribution < 1.29 is 23.8 Å². The van der Waals surface area contributed by atoms with Gasteiger partial charge in [0.2, 0.25) is 5.91 Å². The van der Waals surface area contributed by atoms with Crippen molar-refractivity contribution in [2.75, 3.05) is 14.2 Å². The van der Waals surface area contributed by atoms with E-state index in [2.05, 4.69) is 31.3 Å². The number of nitrogens with one attached hydrogen (secondary N) is 1. The number of methoxy groups -OCH3 is 2. The molecule has 1 unspecified atom stereocenters. The summed E-state index contributed by atoms with van der Waals surface area (Å²) in [6, 6.07) is 5.60. The Morgan fingerprint density at radius 2 is 2.03 bits per heavy atom. The van der Waals surface area contributed by atoms with Gasteiger partial charge in [-0.3, -0.25) is 4.79 Å². The van der Waals surface area contributed by atoms with Gasteiger partial charge in [0, 0.05) is 26.4 Å². The number of hydrogen-bond acceptors (Lipinski definition) is 5. The molecule has 0 saturated carbocycles. The molecule has 1 N–H and O–H groups in total. The molecule has 0 aliphatic carbocycles. The first-order chi connectivity index (χ1) is 16.5. The summed E-state index contributed by atoms with van der Waals surface area (Å²) in [6.07, 6.45) is 14.7. The van der Waals surface area contributed by atoms with Crippen molar-refractivity contribution >= 4 is 11.9 Å². The Hall–Kier alpha value is -2.60. The number of benzene rings is 1. The highest BCUT2D eigenvalue weighted by molar-refractivity contribution is 5.94. The van der Waals surface area contributed by atoms with Gasteiger partial charge in [-0.05, 0) is 43.0 Å². The third-order valence-corrected chi connectivity index (χ3v) is 6.27. The Kier molecular flexibility index (Phi) is 12.5. The van der Waals surface area contributed by atoms with Gasteiger partial charge in [-0.15, -0.1) is 0 Å². The lowest BCUT2D eigenvalue weighted by molar-refractivity contribution is -0.120. The van der Waals surface area contributed by atoms with Crippen molar-refractivity contribution in [3.8, 4) is 5.75 Å². The van der Waals surface area contributed by atoms with Crippen LogP contribution in [0, 0.1) is 5.92 Å². The van der Waals surface area contributed by atoms with Gasteiger partial charge < -0.3 is 19.5 Å². The van der Waals surface area contributed by atoms with E-state index >= 15 is 0 Å². The molecule has 1 aromatic carbocycles. The van der Waals surface area contributed by atoms with Crippen LogP contribution in [-0.2, 0) is 20.7 Å². The van der Waals surface area contributed by atoms with E-state index in [4.69, 9.17) is 14.2 Å². The summed E-state index contributed by atoms with van der Waals surface area (Å²) in [4.78, 5) is 25.3. The predicted molar refractivity (Wildman–Crippen MR) is 135 cm³/mol. The second kappa shape index (κ2) is 15.3. The number of rotatable bonds is 10. The maximum Gasteiger partial charge on any atom is 0.342 e. The number of esters is 1. The van der Waals surface area contributed by atoms with E-state index in [1.165, 1.54) is 0 Å². The topological polar surface area (TPSA) is 73.9 Å². The maximum atomic E-state index is 13.2. The Morgan fingerprint density at radius 1 is 1.21 bits per heavy atom. The molecule has 1 aromatic rings. The molecule has 0 radical (unpaired) electrons. The Bertz CT molecular complexity index is 832. The fourth-order valence-corrected chi connectivity index (χ4v) is 4.20. The summed E-state index contributed by atoms with van der Waals surface area (Å²) in [5.41, 5.74) is 1.34. The van der Waals surface area contributed by atoms with Gasteiger partial charge in [0.1, 0.15) is 17.4 Å². The number of fused-ring (bicyclic) bond motifs is 1. The number of cyclic esters (lactones) is 1. The standard InChI is InChI=1S/C28H41NO5/c1-5-6-7-8-18-26(30)29-19-12-16-23-20-25(33-4)21(2)13-9-10-14-22-15-11-17-24(32-3)27(22)28(31)34-23/h9-12,15,17,19,21,23,25H,5-8,13-14,16,18,20H2,1-4H3,(H,29,30)/b10-9+,19-12+/t21-,23?,25+/m0/s1. The fraction of sp³-hybridized carbons (Fsp3) is 0.571. The first kappa shape index (κ1) is 27.6. The summed E-state index contributed by atoms with van der Waals surface area (Å²) in [5.74, 6) is 0.395. The van der Waals surface area contributed by atoms with E-state index < -0.39 is 12.1 Å². The van der Waals surface area contributed by atoms with Gasteiger partial charge in [-0.2, -0.15) is 0 Å². The lowest BCUT2D eigenvalue weighted by atomic mass is 9.93. The normalized spacial score (nSPS) is 22.2. The van der Waals surface area contributed by atoms with Crippen LogP contribution >= 0.6 is 0 Å². The molecule has 1 aliphatic heterocycles. The molecular weight excluding hydrogens is 430 g/mol. The van der Waals surface area contributed by atoms with E-state index in [9.17, 15) is 9.59 Å². The van der Waals surface area contributed by atoms with E-state index in [0.29, 0.717) is 37.0 Å². The van der Waals surface area contributed by atoms with Crippen LogP contribution in [-0.4, -0.2) is 38.3 Å². The van der Waals surface area contributed by atoms with Crippen molar-refractivity contribution in [3.63, 3.8) is 0 Å². The zero-order chi connectivity index (χ0) is 24.8. The van der Waals surface area contributed by atoms with Gasteiger partial charge in [0.15, 0.2) is 0 Å². The van der Waals surface area contributed by atoms with Gasteiger partial charge >= 0.3 is 5.97 Å². The Morgan fingerprint density at radius 3 is 2.76 bits per heavy atom. The zero-order valence-electron chi connectivity index (χ0n) is 21.2. The molecule has 2 rings (SSSR count). The first-order valence-electron chi connectivity index (χ1n) is 12.5.